The Kier molecular flexibility index (Phi) is 33.1. The molecule has 0 aromatic carbocycles. The lowest BCUT2D eigenvalue weighted by Crippen LogP contribution is -2.60. The Hall–Kier alpha value is -2.13. The first kappa shape index (κ1) is 53.9. The number of aliphatic hydroxyl groups is 3. The zero-order valence-corrected chi connectivity index (χ0v) is 36.7. The molecule has 0 bridgehead atoms. The number of aliphatic hydroxyl groups excluding tert-OH is 3. The summed E-state index contributed by atoms with van der Waals surface area (Å²) < 4.78 is 54.0. The minimum atomic E-state index is -4.61. The summed E-state index contributed by atoms with van der Waals surface area (Å²) in [6, 6.07) is 0. The van der Waals surface area contributed by atoms with Crippen LogP contribution in [0.2, 0.25) is 0 Å². The topological polar surface area (TPSA) is 186 Å². The zero-order valence-electron chi connectivity index (χ0n) is 35.9. The molecule has 0 aromatic heterocycles. The predicted octanol–water partition coefficient (Wildman–Crippen LogP) is 9.00. The average molecular weight is 845 g/mol. The van der Waals surface area contributed by atoms with Crippen LogP contribution in [0.5, 0.6) is 0 Å². The highest BCUT2D eigenvalue weighted by Crippen LogP contribution is 2.24. The van der Waals surface area contributed by atoms with E-state index >= 15 is 0 Å². The van der Waals surface area contributed by atoms with Crippen LogP contribution in [0.3, 0.4) is 0 Å². The van der Waals surface area contributed by atoms with E-state index in [-0.39, 0.29) is 19.4 Å². The van der Waals surface area contributed by atoms with E-state index in [1.807, 2.05) is 0 Å². The molecule has 1 fully saturated rings. The zero-order chi connectivity index (χ0) is 42.7. The lowest BCUT2D eigenvalue weighted by Gasteiger charge is -2.40. The third kappa shape index (κ3) is 30.0. The molecule has 0 spiro atoms. The molecule has 58 heavy (non-hydrogen) atoms. The lowest BCUT2D eigenvalue weighted by atomic mass is 10.00. The van der Waals surface area contributed by atoms with Crippen molar-refractivity contribution in [2.45, 2.75) is 218 Å². The van der Waals surface area contributed by atoms with Crippen molar-refractivity contribution in [3.63, 3.8) is 0 Å². The van der Waals surface area contributed by atoms with Crippen molar-refractivity contribution < 1.29 is 56.8 Å². The normalized spacial score (nSPS) is 20.7. The molecule has 0 saturated carbocycles. The van der Waals surface area contributed by atoms with Crippen LogP contribution in [0.15, 0.2) is 36.5 Å². The minimum absolute atomic E-state index is 0.138. The number of carbonyl (C=O) groups excluding carboxylic acids is 2. The number of ether oxygens (including phenoxy) is 4. The summed E-state index contributed by atoms with van der Waals surface area (Å²) in [5, 5.41) is 30.8. The van der Waals surface area contributed by atoms with Crippen molar-refractivity contribution in [2.75, 3.05) is 19.0 Å². The van der Waals surface area contributed by atoms with Gasteiger partial charge in [0, 0.05) is 12.8 Å². The maximum absolute atomic E-state index is 12.8. The SMILES string of the molecule is CCCCCCCC/C=C/C/C=C/CCCCC(=O)OC[C@H](CO[C@H]1O[C@H](CS(=O)(=O)O)[C@@H](O)C(O)C1O)OC(=O)CCCCC/C=C/CCCCCCCCCC. The summed E-state index contributed by atoms with van der Waals surface area (Å²) in [7, 11) is -4.61. The third-order valence-corrected chi connectivity index (χ3v) is 10.9. The van der Waals surface area contributed by atoms with Gasteiger partial charge in [-0.05, 0) is 70.6 Å². The molecule has 338 valence electrons. The van der Waals surface area contributed by atoms with Gasteiger partial charge in [0.15, 0.2) is 12.4 Å². The molecular weight excluding hydrogens is 765 g/mol. The Bertz CT molecular complexity index is 1220. The molecular formula is C45H80O12S. The highest BCUT2D eigenvalue weighted by Gasteiger charge is 2.46. The number of rotatable bonds is 37. The van der Waals surface area contributed by atoms with E-state index in [4.69, 9.17) is 18.9 Å². The van der Waals surface area contributed by atoms with Crippen molar-refractivity contribution >= 4 is 22.1 Å². The maximum Gasteiger partial charge on any atom is 0.306 e. The van der Waals surface area contributed by atoms with Crippen LogP contribution in [0, 0.1) is 0 Å². The van der Waals surface area contributed by atoms with E-state index < -0.39 is 71.2 Å². The second-order valence-electron chi connectivity index (χ2n) is 15.7. The maximum atomic E-state index is 12.8. The van der Waals surface area contributed by atoms with Crippen molar-refractivity contribution in [2.24, 2.45) is 0 Å². The summed E-state index contributed by atoms with van der Waals surface area (Å²) >= 11 is 0. The van der Waals surface area contributed by atoms with Crippen LogP contribution in [0.25, 0.3) is 0 Å². The largest absolute Gasteiger partial charge is 0.462 e. The van der Waals surface area contributed by atoms with Gasteiger partial charge in [0.25, 0.3) is 10.1 Å². The van der Waals surface area contributed by atoms with E-state index in [1.165, 1.54) is 89.9 Å². The molecule has 1 rings (SSSR count). The number of hydrogen-bond acceptors (Lipinski definition) is 11. The monoisotopic (exact) mass is 845 g/mol. The van der Waals surface area contributed by atoms with Crippen molar-refractivity contribution in [1.82, 2.24) is 0 Å². The fourth-order valence-corrected chi connectivity index (χ4v) is 7.33. The highest BCUT2D eigenvalue weighted by atomic mass is 32.2. The van der Waals surface area contributed by atoms with Gasteiger partial charge < -0.3 is 34.3 Å². The molecule has 0 amide bonds. The van der Waals surface area contributed by atoms with Crippen molar-refractivity contribution in [3.8, 4) is 0 Å². The number of unbranched alkanes of at least 4 members (excludes halogenated alkanes) is 19. The summed E-state index contributed by atoms with van der Waals surface area (Å²) in [5.41, 5.74) is 0. The van der Waals surface area contributed by atoms with E-state index in [0.717, 1.165) is 51.4 Å². The predicted molar refractivity (Wildman–Crippen MR) is 229 cm³/mol. The molecule has 1 aliphatic heterocycles. The van der Waals surface area contributed by atoms with Crippen molar-refractivity contribution in [3.05, 3.63) is 36.5 Å². The Labute approximate surface area is 351 Å². The minimum Gasteiger partial charge on any atom is -0.462 e. The molecule has 12 nitrogen and oxygen atoms in total. The van der Waals surface area contributed by atoms with Gasteiger partial charge in [-0.15, -0.1) is 0 Å². The molecule has 1 aliphatic rings. The van der Waals surface area contributed by atoms with Crippen LogP contribution in [-0.2, 0) is 38.7 Å². The first-order chi connectivity index (χ1) is 28.0. The summed E-state index contributed by atoms with van der Waals surface area (Å²) in [4.78, 5) is 25.4. The Balaban J connectivity index is 2.49. The second-order valence-corrected chi connectivity index (χ2v) is 17.2. The Morgan fingerprint density at radius 1 is 0.586 bits per heavy atom. The smallest absolute Gasteiger partial charge is 0.306 e. The van der Waals surface area contributed by atoms with E-state index in [0.29, 0.717) is 12.8 Å². The van der Waals surface area contributed by atoms with Crippen LogP contribution in [-0.4, -0.2) is 96.0 Å². The van der Waals surface area contributed by atoms with Gasteiger partial charge in [-0.25, -0.2) is 0 Å². The summed E-state index contributed by atoms with van der Waals surface area (Å²) in [5.74, 6) is -2.04. The fraction of sp³-hybridized carbons (Fsp3) is 0.822. The van der Waals surface area contributed by atoms with Gasteiger partial charge in [-0.1, -0.05) is 134 Å². The van der Waals surface area contributed by atoms with E-state index in [1.54, 1.807) is 0 Å². The molecule has 13 heteroatoms. The standard InChI is InChI=1S/C45H80O12S/c1-3-5-7-9-11-13-15-17-19-21-23-25-27-29-31-33-40(46)54-35-38(36-55-45-44(50)43(49)42(48)39(57-45)37-58(51,52)53)56-41(47)34-32-30-28-26-24-22-20-18-16-14-12-10-8-6-4-2/h17,19,22-25,38-39,42-45,48-50H,3-16,18,20-21,26-37H2,1-2H3,(H,51,52,53)/b19-17+,24-22+,25-23+/t38-,39-,42-,43?,44?,45+/m1/s1. The van der Waals surface area contributed by atoms with Gasteiger partial charge in [-0.2, -0.15) is 8.42 Å². The fourth-order valence-electron chi connectivity index (χ4n) is 6.64. The van der Waals surface area contributed by atoms with Crippen LogP contribution in [0.4, 0.5) is 0 Å². The van der Waals surface area contributed by atoms with Gasteiger partial charge in [-0.3, -0.25) is 14.1 Å². The van der Waals surface area contributed by atoms with Gasteiger partial charge >= 0.3 is 11.9 Å². The Morgan fingerprint density at radius 2 is 1.03 bits per heavy atom. The summed E-state index contributed by atoms with van der Waals surface area (Å²) in [6.07, 6.45) is 30.5. The van der Waals surface area contributed by atoms with E-state index in [9.17, 15) is 37.9 Å². The van der Waals surface area contributed by atoms with Crippen LogP contribution < -0.4 is 0 Å². The number of allylic oxidation sites excluding steroid dienone is 6. The highest BCUT2D eigenvalue weighted by molar-refractivity contribution is 7.85. The second kappa shape index (κ2) is 35.6. The van der Waals surface area contributed by atoms with Gasteiger partial charge in [0.05, 0.1) is 6.61 Å². The van der Waals surface area contributed by atoms with Crippen LogP contribution in [0.1, 0.15) is 181 Å². The molecule has 0 aromatic rings. The average Bonchev–Trinajstić information content (AvgIpc) is 3.18. The summed E-state index contributed by atoms with van der Waals surface area (Å²) in [6.45, 7) is 3.70. The number of carbonyl (C=O) groups is 2. The first-order valence-corrected chi connectivity index (χ1v) is 24.2. The van der Waals surface area contributed by atoms with Gasteiger partial charge in [0.1, 0.15) is 36.8 Å². The quantitative estimate of drug-likeness (QED) is 0.0202. The van der Waals surface area contributed by atoms with Gasteiger partial charge in [0.2, 0.25) is 0 Å². The molecule has 4 N–H and O–H groups in total. The molecule has 0 radical (unpaired) electrons. The molecule has 1 heterocycles. The lowest BCUT2D eigenvalue weighted by molar-refractivity contribution is -0.297. The number of hydrogen-bond donors (Lipinski definition) is 4. The van der Waals surface area contributed by atoms with Crippen LogP contribution >= 0.6 is 0 Å². The molecule has 1 saturated heterocycles. The first-order valence-electron chi connectivity index (χ1n) is 22.5. The van der Waals surface area contributed by atoms with E-state index in [2.05, 4.69) is 50.3 Å². The third-order valence-electron chi connectivity index (χ3n) is 10.2. The molecule has 0 aliphatic carbocycles. The molecule has 2 unspecified atom stereocenters. The van der Waals surface area contributed by atoms with Crippen molar-refractivity contribution in [1.29, 1.82) is 0 Å². The molecule has 6 atom stereocenters. The Morgan fingerprint density at radius 3 is 1.57 bits per heavy atom. The number of esters is 2.